The second-order valence-electron chi connectivity index (χ2n) is 3.07. The first-order valence-electron chi connectivity index (χ1n) is 4.96. The molecule has 1 aromatic carbocycles. The van der Waals surface area contributed by atoms with Gasteiger partial charge in [0.15, 0.2) is 5.81 Å². The molecule has 0 N–H and O–H groups in total. The summed E-state index contributed by atoms with van der Waals surface area (Å²) in [5.74, 6) is 0.0844. The van der Waals surface area contributed by atoms with Crippen molar-refractivity contribution in [1.82, 2.24) is 4.90 Å². The molecule has 73 valence electrons. The molecule has 0 unspecified atom stereocenters. The molecule has 3 heteroatoms. The van der Waals surface area contributed by atoms with E-state index in [0.717, 1.165) is 18.6 Å². The second-order valence-corrected chi connectivity index (χ2v) is 3.07. The lowest BCUT2D eigenvalue weighted by molar-refractivity contribution is 0.226. The monoisotopic (exact) mass is 188 g/mol. The molecule has 1 aromatic rings. The summed E-state index contributed by atoms with van der Waals surface area (Å²) < 4.78 is 0. The molecule has 0 aliphatic rings. The molecule has 2 nitrogen and oxygen atoms in total. The molecule has 0 aliphatic carbocycles. The van der Waals surface area contributed by atoms with Gasteiger partial charge in [-0.05, 0) is 13.8 Å². The minimum Gasteiger partial charge on any atom is -0.352 e. The maximum absolute atomic E-state index is 11.6. The molecule has 0 saturated carbocycles. The topological polar surface area (TPSA) is 20.3 Å². The van der Waals surface area contributed by atoms with Gasteiger partial charge in [0.2, 0.25) is 0 Å². The van der Waals surface area contributed by atoms with E-state index in [1.807, 2.05) is 44.2 Å². The molecule has 0 spiro atoms. The van der Waals surface area contributed by atoms with E-state index in [4.69, 9.17) is 0 Å². The number of rotatable bonds is 4. The van der Waals surface area contributed by atoms with E-state index >= 15 is 0 Å². The average Bonchev–Trinajstić information content (AvgIpc) is 2.21. The molecule has 1 radical (unpaired) electrons. The van der Waals surface area contributed by atoms with Gasteiger partial charge in [-0.2, -0.15) is 0 Å². The Kier molecular flexibility index (Phi) is 4.24. The zero-order chi connectivity index (χ0) is 10.4. The summed E-state index contributed by atoms with van der Waals surface area (Å²) in [6, 6.07) is 9.67. The Bertz CT molecular complexity index is 283. The Hall–Kier alpha value is -1.25. The number of carbonyl (C=O) groups excluding carboxylic acids is 1. The number of hydrogen-bond acceptors (Lipinski definition) is 1. The van der Waals surface area contributed by atoms with Crippen LogP contribution in [0.15, 0.2) is 30.3 Å². The molecule has 0 saturated heterocycles. The number of benzene rings is 1. The van der Waals surface area contributed by atoms with Crippen LogP contribution in [-0.4, -0.2) is 31.1 Å². The van der Waals surface area contributed by atoms with Crippen molar-refractivity contribution in [3.63, 3.8) is 0 Å². The van der Waals surface area contributed by atoms with Crippen molar-refractivity contribution in [2.75, 3.05) is 13.1 Å². The fourth-order valence-corrected chi connectivity index (χ4v) is 1.32. The third-order valence-electron chi connectivity index (χ3n) is 2.16. The fraction of sp³-hybridized carbons (Fsp3) is 0.364. The molecule has 0 fully saturated rings. The normalized spacial score (nSPS) is 9.57. The van der Waals surface area contributed by atoms with Crippen molar-refractivity contribution < 1.29 is 4.79 Å². The zero-order valence-electron chi connectivity index (χ0n) is 8.73. The molecule has 1 amide bonds. The van der Waals surface area contributed by atoms with Crippen LogP contribution in [0.25, 0.3) is 0 Å². The zero-order valence-corrected chi connectivity index (χ0v) is 8.73. The summed E-state index contributed by atoms with van der Waals surface area (Å²) in [5, 5.41) is 0. The van der Waals surface area contributed by atoms with Gasteiger partial charge in [-0.1, -0.05) is 35.8 Å². The Balaban J connectivity index is 2.57. The highest BCUT2D eigenvalue weighted by Crippen LogP contribution is 1.90. The van der Waals surface area contributed by atoms with Crippen LogP contribution >= 0.6 is 0 Å². The van der Waals surface area contributed by atoms with E-state index in [0.29, 0.717) is 0 Å². The summed E-state index contributed by atoms with van der Waals surface area (Å²) in [5.41, 5.74) is 0.962. The average molecular weight is 188 g/mol. The molecule has 0 bridgehead atoms. The van der Waals surface area contributed by atoms with Gasteiger partial charge in [0, 0.05) is 13.1 Å². The van der Waals surface area contributed by atoms with Crippen molar-refractivity contribution in [2.24, 2.45) is 0 Å². The summed E-state index contributed by atoms with van der Waals surface area (Å²) >= 11 is 0. The maximum Gasteiger partial charge on any atom is 0.271 e. The third-order valence-corrected chi connectivity index (χ3v) is 2.16. The Morgan fingerprint density at radius 2 is 1.79 bits per heavy atom. The minimum absolute atomic E-state index is 0.0844. The highest BCUT2D eigenvalue weighted by molar-refractivity contribution is 6.83. The Morgan fingerprint density at radius 1 is 1.21 bits per heavy atom. The third kappa shape index (κ3) is 2.91. The van der Waals surface area contributed by atoms with Crippen LogP contribution in [0, 0.1) is 0 Å². The van der Waals surface area contributed by atoms with Crippen LogP contribution in [0.3, 0.4) is 0 Å². The highest BCUT2D eigenvalue weighted by atomic mass is 16.1. The molecular formula is C11H15BNO. The largest absolute Gasteiger partial charge is 0.352 e. The number of nitrogens with zero attached hydrogens (tertiary/aromatic N) is 1. The van der Waals surface area contributed by atoms with Gasteiger partial charge in [-0.3, -0.25) is 4.79 Å². The van der Waals surface area contributed by atoms with Crippen molar-refractivity contribution in [1.29, 1.82) is 0 Å². The predicted octanol–water partition coefficient (Wildman–Crippen LogP) is 1.48. The van der Waals surface area contributed by atoms with Gasteiger partial charge in [-0.15, -0.1) is 0 Å². The van der Waals surface area contributed by atoms with Gasteiger partial charge in [0.25, 0.3) is 7.28 Å². The number of hydrogen-bond donors (Lipinski definition) is 0. The minimum atomic E-state index is 0.0844. The fourth-order valence-electron chi connectivity index (χ4n) is 1.32. The van der Waals surface area contributed by atoms with Crippen molar-refractivity contribution >= 4 is 18.5 Å². The van der Waals surface area contributed by atoms with Crippen LogP contribution < -0.4 is 5.46 Å². The van der Waals surface area contributed by atoms with E-state index in [-0.39, 0.29) is 5.81 Å². The highest BCUT2D eigenvalue weighted by Gasteiger charge is 2.11. The quantitative estimate of drug-likeness (QED) is 0.655. The van der Waals surface area contributed by atoms with Crippen LogP contribution in [0.2, 0.25) is 0 Å². The molecule has 0 atom stereocenters. The first-order chi connectivity index (χ1) is 6.77. The second kappa shape index (κ2) is 5.48. The molecule has 1 rings (SSSR count). The lowest BCUT2D eigenvalue weighted by atomic mass is 9.69. The van der Waals surface area contributed by atoms with E-state index in [9.17, 15) is 4.79 Å². The summed E-state index contributed by atoms with van der Waals surface area (Å²) in [6.07, 6.45) is 0. The predicted molar refractivity (Wildman–Crippen MR) is 60.1 cm³/mol. The van der Waals surface area contributed by atoms with Crippen LogP contribution in [-0.2, 0) is 0 Å². The SMILES string of the molecule is CCN(CC)C(=O)[B]c1ccccc1. The van der Waals surface area contributed by atoms with Gasteiger partial charge < -0.3 is 4.90 Å². The Labute approximate surface area is 86.2 Å². The van der Waals surface area contributed by atoms with E-state index in [1.165, 1.54) is 0 Å². The van der Waals surface area contributed by atoms with Gasteiger partial charge >= 0.3 is 0 Å². The molecule has 0 heterocycles. The number of carbonyl (C=O) groups is 1. The first-order valence-corrected chi connectivity index (χ1v) is 4.96. The first kappa shape index (κ1) is 10.8. The number of amides is 1. The molecule has 0 aliphatic heterocycles. The Morgan fingerprint density at radius 3 is 2.29 bits per heavy atom. The van der Waals surface area contributed by atoms with E-state index in [1.54, 1.807) is 12.2 Å². The molecular weight excluding hydrogens is 173 g/mol. The standard InChI is InChI=1S/C11H15BNO/c1-3-13(4-2)11(14)12-10-8-6-5-7-9-10/h5-9H,3-4H2,1-2H3. The van der Waals surface area contributed by atoms with Crippen molar-refractivity contribution in [3.05, 3.63) is 30.3 Å². The smallest absolute Gasteiger partial charge is 0.271 e. The van der Waals surface area contributed by atoms with Gasteiger partial charge in [-0.25, -0.2) is 0 Å². The van der Waals surface area contributed by atoms with Crippen LogP contribution in [0.4, 0.5) is 4.79 Å². The summed E-state index contributed by atoms with van der Waals surface area (Å²) in [4.78, 5) is 13.4. The van der Waals surface area contributed by atoms with E-state index in [2.05, 4.69) is 0 Å². The van der Waals surface area contributed by atoms with Gasteiger partial charge in [0.1, 0.15) is 0 Å². The molecule has 0 aromatic heterocycles. The lowest BCUT2D eigenvalue weighted by Crippen LogP contribution is -2.37. The van der Waals surface area contributed by atoms with E-state index < -0.39 is 0 Å². The van der Waals surface area contributed by atoms with Crippen LogP contribution in [0.1, 0.15) is 13.8 Å². The maximum atomic E-state index is 11.6. The molecule has 14 heavy (non-hydrogen) atoms. The lowest BCUT2D eigenvalue weighted by Gasteiger charge is -2.18. The van der Waals surface area contributed by atoms with Crippen LogP contribution in [0.5, 0.6) is 0 Å². The van der Waals surface area contributed by atoms with Gasteiger partial charge in [0.05, 0.1) is 0 Å². The van der Waals surface area contributed by atoms with Crippen molar-refractivity contribution in [3.8, 4) is 0 Å². The van der Waals surface area contributed by atoms with Crippen molar-refractivity contribution in [2.45, 2.75) is 13.8 Å². The summed E-state index contributed by atoms with van der Waals surface area (Å²) in [7, 11) is 1.67. The summed E-state index contributed by atoms with van der Waals surface area (Å²) in [6.45, 7) is 5.50.